The molecule has 2 aliphatic rings. The van der Waals surface area contributed by atoms with Crippen LogP contribution in [0.5, 0.6) is 0 Å². The van der Waals surface area contributed by atoms with Gasteiger partial charge in [0.05, 0.1) is 5.56 Å². The lowest BCUT2D eigenvalue weighted by molar-refractivity contribution is -0.131. The molecule has 7 nitrogen and oxygen atoms in total. The number of carboxylic acid groups (broad SMARTS) is 1. The molecule has 1 saturated heterocycles. The molecule has 28 heavy (non-hydrogen) atoms. The molecular formula is C21H19NO6. The summed E-state index contributed by atoms with van der Waals surface area (Å²) in [6.45, 7) is 0.439. The van der Waals surface area contributed by atoms with Gasteiger partial charge in [0.2, 0.25) is 6.29 Å². The summed E-state index contributed by atoms with van der Waals surface area (Å²) < 4.78 is 16.8. The van der Waals surface area contributed by atoms with Crippen molar-refractivity contribution in [3.63, 3.8) is 0 Å². The topological polar surface area (TPSA) is 85.3 Å². The Bertz CT molecular complexity index is 910. The summed E-state index contributed by atoms with van der Waals surface area (Å²) in [4.78, 5) is 25.3. The first-order valence-corrected chi connectivity index (χ1v) is 8.98. The van der Waals surface area contributed by atoms with Gasteiger partial charge in [0.1, 0.15) is 0 Å². The summed E-state index contributed by atoms with van der Waals surface area (Å²) in [7, 11) is 0. The number of aromatic carboxylic acids is 1. The summed E-state index contributed by atoms with van der Waals surface area (Å²) in [6.07, 6.45) is 1.24. The van der Waals surface area contributed by atoms with E-state index in [0.29, 0.717) is 25.1 Å². The summed E-state index contributed by atoms with van der Waals surface area (Å²) in [5.41, 5.74) is 1.74. The maximum absolute atomic E-state index is 12.7. The van der Waals surface area contributed by atoms with Crippen LogP contribution in [-0.4, -0.2) is 35.9 Å². The molecule has 1 amide bonds. The molecule has 2 unspecified atom stereocenters. The van der Waals surface area contributed by atoms with Gasteiger partial charge in [0.25, 0.3) is 5.91 Å². The van der Waals surface area contributed by atoms with Crippen molar-refractivity contribution >= 4 is 17.6 Å². The average molecular weight is 381 g/mol. The van der Waals surface area contributed by atoms with Crippen molar-refractivity contribution in [2.75, 3.05) is 11.4 Å². The maximum atomic E-state index is 12.7. The number of carbonyl (C=O) groups is 2. The molecule has 0 saturated carbocycles. The van der Waals surface area contributed by atoms with Crippen LogP contribution in [0.25, 0.3) is 0 Å². The number of anilines is 1. The van der Waals surface area contributed by atoms with Gasteiger partial charge in [0.15, 0.2) is 12.4 Å². The SMILES string of the molecule is O=C(O)c1cccc(N2CCC(OC3=COC(Cc4ccccc4)O3)C2=O)c1. The zero-order chi connectivity index (χ0) is 19.5. The summed E-state index contributed by atoms with van der Waals surface area (Å²) >= 11 is 0. The standard InChI is InChI=1S/C21H19NO6/c23-20-17(9-10-22(20)16-8-4-7-15(12-16)21(24)25)27-19-13-26-18(28-19)11-14-5-2-1-3-6-14/h1-8,12-13,17-18H,9-11H2,(H,24,25). The minimum absolute atomic E-state index is 0.133. The number of carbonyl (C=O) groups excluding carboxylic acids is 1. The van der Waals surface area contributed by atoms with Gasteiger partial charge in [-0.2, -0.15) is 0 Å². The van der Waals surface area contributed by atoms with Crippen LogP contribution in [0.2, 0.25) is 0 Å². The normalized spacial score (nSPS) is 21.1. The van der Waals surface area contributed by atoms with E-state index in [9.17, 15) is 9.59 Å². The van der Waals surface area contributed by atoms with Gasteiger partial charge in [-0.05, 0) is 23.8 Å². The highest BCUT2D eigenvalue weighted by Gasteiger charge is 2.36. The van der Waals surface area contributed by atoms with Crippen LogP contribution in [0.15, 0.2) is 66.8 Å². The molecule has 0 radical (unpaired) electrons. The van der Waals surface area contributed by atoms with E-state index >= 15 is 0 Å². The zero-order valence-electron chi connectivity index (χ0n) is 15.0. The Balaban J connectivity index is 1.35. The average Bonchev–Trinajstić information content (AvgIpc) is 3.30. The van der Waals surface area contributed by atoms with Crippen molar-refractivity contribution in [3.05, 3.63) is 77.9 Å². The number of ether oxygens (including phenoxy) is 3. The molecule has 2 heterocycles. The van der Waals surface area contributed by atoms with Crippen LogP contribution in [0.4, 0.5) is 5.69 Å². The van der Waals surface area contributed by atoms with Crippen LogP contribution < -0.4 is 4.90 Å². The van der Waals surface area contributed by atoms with Gasteiger partial charge < -0.3 is 24.2 Å². The van der Waals surface area contributed by atoms with Crippen molar-refractivity contribution in [3.8, 4) is 0 Å². The minimum Gasteiger partial charge on any atom is -0.478 e. The summed E-state index contributed by atoms with van der Waals surface area (Å²) in [5, 5.41) is 9.12. The first-order chi connectivity index (χ1) is 13.6. The Kier molecular flexibility index (Phi) is 4.89. The summed E-state index contributed by atoms with van der Waals surface area (Å²) in [5.74, 6) is -1.09. The molecule has 2 atom stereocenters. The van der Waals surface area contributed by atoms with Crippen LogP contribution in [0.3, 0.4) is 0 Å². The quantitative estimate of drug-likeness (QED) is 0.828. The van der Waals surface area contributed by atoms with Crippen LogP contribution in [0.1, 0.15) is 22.3 Å². The lowest BCUT2D eigenvalue weighted by Crippen LogP contribution is -2.31. The second-order valence-corrected chi connectivity index (χ2v) is 6.55. The van der Waals surface area contributed by atoms with E-state index < -0.39 is 18.4 Å². The Morgan fingerprint density at radius 1 is 1.18 bits per heavy atom. The van der Waals surface area contributed by atoms with E-state index in [1.165, 1.54) is 23.3 Å². The van der Waals surface area contributed by atoms with Crippen molar-refractivity contribution in [2.45, 2.75) is 25.2 Å². The van der Waals surface area contributed by atoms with Gasteiger partial charge >= 0.3 is 11.9 Å². The molecule has 0 spiro atoms. The Morgan fingerprint density at radius 2 is 2.00 bits per heavy atom. The number of hydrogen-bond donors (Lipinski definition) is 1. The predicted octanol–water partition coefficient (Wildman–Crippen LogP) is 2.92. The van der Waals surface area contributed by atoms with Crippen LogP contribution in [-0.2, 0) is 25.4 Å². The number of amides is 1. The zero-order valence-corrected chi connectivity index (χ0v) is 15.0. The number of hydrogen-bond acceptors (Lipinski definition) is 5. The molecule has 0 aromatic heterocycles. The van der Waals surface area contributed by atoms with Crippen molar-refractivity contribution < 1.29 is 28.9 Å². The van der Waals surface area contributed by atoms with Gasteiger partial charge in [0, 0.05) is 25.1 Å². The smallest absolute Gasteiger partial charge is 0.335 e. The van der Waals surface area contributed by atoms with Gasteiger partial charge in [-0.15, -0.1) is 0 Å². The number of benzene rings is 2. The van der Waals surface area contributed by atoms with Crippen molar-refractivity contribution in [1.82, 2.24) is 0 Å². The Hall–Kier alpha value is -3.48. The van der Waals surface area contributed by atoms with E-state index in [1.807, 2.05) is 30.3 Å². The lowest BCUT2D eigenvalue weighted by Gasteiger charge is -2.18. The van der Waals surface area contributed by atoms with E-state index in [-0.39, 0.29) is 17.4 Å². The molecule has 0 bridgehead atoms. The van der Waals surface area contributed by atoms with Crippen molar-refractivity contribution in [2.24, 2.45) is 0 Å². The highest BCUT2D eigenvalue weighted by atomic mass is 16.8. The molecule has 7 heteroatoms. The van der Waals surface area contributed by atoms with E-state index in [2.05, 4.69) is 0 Å². The fraction of sp³-hybridized carbons (Fsp3) is 0.238. The maximum Gasteiger partial charge on any atom is 0.335 e. The molecule has 144 valence electrons. The van der Waals surface area contributed by atoms with E-state index in [1.54, 1.807) is 12.1 Å². The molecule has 1 N–H and O–H groups in total. The highest BCUT2D eigenvalue weighted by Crippen LogP contribution is 2.27. The number of rotatable bonds is 6. The first-order valence-electron chi connectivity index (χ1n) is 8.98. The Morgan fingerprint density at radius 3 is 2.79 bits per heavy atom. The molecule has 0 aliphatic carbocycles. The third-order valence-electron chi connectivity index (χ3n) is 4.63. The second kappa shape index (κ2) is 7.64. The molecular weight excluding hydrogens is 362 g/mol. The fourth-order valence-electron chi connectivity index (χ4n) is 3.23. The molecule has 4 rings (SSSR count). The van der Waals surface area contributed by atoms with Gasteiger partial charge in [-0.3, -0.25) is 4.79 Å². The lowest BCUT2D eigenvalue weighted by atomic mass is 10.1. The van der Waals surface area contributed by atoms with E-state index in [0.717, 1.165) is 5.56 Å². The van der Waals surface area contributed by atoms with Crippen LogP contribution in [0, 0.1) is 0 Å². The third kappa shape index (κ3) is 3.78. The Labute approximate surface area is 161 Å². The molecule has 1 fully saturated rings. The number of nitrogens with zero attached hydrogens (tertiary/aromatic N) is 1. The molecule has 2 aromatic carbocycles. The molecule has 2 aliphatic heterocycles. The highest BCUT2D eigenvalue weighted by molar-refractivity contribution is 6.00. The monoisotopic (exact) mass is 381 g/mol. The fourth-order valence-corrected chi connectivity index (χ4v) is 3.23. The van der Waals surface area contributed by atoms with Crippen LogP contribution >= 0.6 is 0 Å². The van der Waals surface area contributed by atoms with Gasteiger partial charge in [-0.25, -0.2) is 4.79 Å². The molecule has 2 aromatic rings. The van der Waals surface area contributed by atoms with E-state index in [4.69, 9.17) is 19.3 Å². The summed E-state index contributed by atoms with van der Waals surface area (Å²) in [6, 6.07) is 16.1. The number of carboxylic acids is 1. The first kappa shape index (κ1) is 17.9. The minimum atomic E-state index is -1.03. The van der Waals surface area contributed by atoms with Gasteiger partial charge in [-0.1, -0.05) is 36.4 Å². The third-order valence-corrected chi connectivity index (χ3v) is 4.63. The predicted molar refractivity (Wildman–Crippen MR) is 99.4 cm³/mol. The second-order valence-electron chi connectivity index (χ2n) is 6.55. The van der Waals surface area contributed by atoms with Crippen molar-refractivity contribution in [1.29, 1.82) is 0 Å². The largest absolute Gasteiger partial charge is 0.478 e.